The maximum Gasteiger partial charge on any atom is 1.00 e. The number of hydrogen-bond donors (Lipinski definition) is 2. The van der Waals surface area contributed by atoms with Gasteiger partial charge in [-0.15, -0.1) is 0 Å². The average molecular weight is 627 g/mol. The van der Waals surface area contributed by atoms with E-state index in [1.807, 2.05) is 13.8 Å². The molecule has 0 bridgehead atoms. The molecule has 1 aromatic rings. The number of rotatable bonds is 11. The van der Waals surface area contributed by atoms with E-state index in [4.69, 9.17) is 14.2 Å². The molecule has 0 spiro atoms. The predicted molar refractivity (Wildman–Crippen MR) is 130 cm³/mol. The Hall–Kier alpha value is -2.89. The van der Waals surface area contributed by atoms with Crippen molar-refractivity contribution in [2.75, 3.05) is 5.32 Å². The van der Waals surface area contributed by atoms with E-state index < -0.39 is 59.8 Å². The van der Waals surface area contributed by atoms with Crippen molar-refractivity contribution in [2.24, 2.45) is 5.92 Å². The fraction of sp³-hybridized carbons (Fsp3) is 0.577. The molecular formula is C26H35AgN2O9. The van der Waals surface area contributed by atoms with E-state index in [2.05, 4.69) is 10.6 Å². The number of hydrogen-bond acceptors (Lipinski definition) is 9. The van der Waals surface area contributed by atoms with Gasteiger partial charge in [0.1, 0.15) is 12.2 Å². The Morgan fingerprint density at radius 1 is 1.05 bits per heavy atom. The van der Waals surface area contributed by atoms with Crippen molar-refractivity contribution < 1.29 is 65.7 Å². The standard InChI is InChI=1S/C26H36N2O9.Ag/c1-5-7-10-18-23(37-20(30)13-8-6-2)16(4)36-26(34)21(15(3)35-25(18)33)28-24(32)17-11-9-12-19(22(17)31)27-14-29;/h9,11-12,14-16,18,21,23,31H,5-8,10,13H2,1-4H3,(H,27,29)(H,28,32);/q;+1/p-1/t15-,16+,18-,21+,23+;/m1./s1. The molecule has 1 saturated heterocycles. The predicted octanol–water partition coefficient (Wildman–Crippen LogP) is 2.21. The van der Waals surface area contributed by atoms with Gasteiger partial charge in [0.25, 0.3) is 5.91 Å². The van der Waals surface area contributed by atoms with Gasteiger partial charge in [0.15, 0.2) is 12.1 Å². The molecule has 214 valence electrons. The zero-order valence-electron chi connectivity index (χ0n) is 21.9. The first kappa shape index (κ1) is 33.1. The molecule has 2 rings (SSSR count). The molecule has 38 heavy (non-hydrogen) atoms. The molecule has 0 radical (unpaired) electrons. The average Bonchev–Trinajstić information content (AvgIpc) is 2.88. The number of nitrogens with one attached hydrogen (secondary N) is 2. The third-order valence-electron chi connectivity index (χ3n) is 6.12. The van der Waals surface area contributed by atoms with E-state index in [-0.39, 0.29) is 40.1 Å². The summed E-state index contributed by atoms with van der Waals surface area (Å²) >= 11 is 0. The van der Waals surface area contributed by atoms with Gasteiger partial charge in [-0.2, -0.15) is 0 Å². The summed E-state index contributed by atoms with van der Waals surface area (Å²) in [5, 5.41) is 17.1. The van der Waals surface area contributed by atoms with Crippen LogP contribution in [0.2, 0.25) is 0 Å². The monoisotopic (exact) mass is 626 g/mol. The van der Waals surface area contributed by atoms with Crippen molar-refractivity contribution in [1.82, 2.24) is 5.32 Å². The van der Waals surface area contributed by atoms with E-state index >= 15 is 0 Å². The molecule has 1 fully saturated rings. The largest absolute Gasteiger partial charge is 1.00 e. The Balaban J connectivity index is 0.00000722. The maximum absolute atomic E-state index is 13.2. The van der Waals surface area contributed by atoms with Gasteiger partial charge in [0.2, 0.25) is 6.41 Å². The molecule has 5 atom stereocenters. The minimum atomic E-state index is -1.44. The SMILES string of the molecule is CCCCC(=O)O[C@H]1[C@H](C)OC(=O)[C@@H](NC(=O)c2cccc(NC=O)c2[O-])[C@@H](C)OC(=O)[C@@H]1CCCC.[Ag+]. The number of carbonyl (C=O) groups is 5. The van der Waals surface area contributed by atoms with Crippen molar-refractivity contribution in [2.45, 2.75) is 90.6 Å². The van der Waals surface area contributed by atoms with Crippen LogP contribution in [0.15, 0.2) is 18.2 Å². The summed E-state index contributed by atoms with van der Waals surface area (Å²) < 4.78 is 16.7. The molecular weight excluding hydrogens is 592 g/mol. The topological polar surface area (TPSA) is 160 Å². The number of ether oxygens (including phenoxy) is 3. The van der Waals surface area contributed by atoms with Gasteiger partial charge < -0.3 is 30.0 Å². The number of amides is 2. The second-order valence-electron chi connectivity index (χ2n) is 8.99. The van der Waals surface area contributed by atoms with E-state index in [0.29, 0.717) is 25.7 Å². The Kier molecular flexibility index (Phi) is 14.1. The molecule has 2 N–H and O–H groups in total. The quantitative estimate of drug-likeness (QED) is 0.162. The van der Waals surface area contributed by atoms with Crippen LogP contribution >= 0.6 is 0 Å². The molecule has 2 amide bonds. The number of esters is 3. The summed E-state index contributed by atoms with van der Waals surface area (Å²) in [5.41, 5.74) is -0.436. The van der Waals surface area contributed by atoms with Crippen LogP contribution in [0.1, 0.15) is 76.6 Å². The molecule has 0 aromatic heterocycles. The summed E-state index contributed by atoms with van der Waals surface area (Å²) in [6.45, 7) is 6.81. The first-order valence-corrected chi connectivity index (χ1v) is 12.6. The Morgan fingerprint density at radius 2 is 1.71 bits per heavy atom. The van der Waals surface area contributed by atoms with Gasteiger partial charge in [-0.3, -0.25) is 19.2 Å². The molecule has 11 nitrogen and oxygen atoms in total. The van der Waals surface area contributed by atoms with Crippen LogP contribution < -0.4 is 15.7 Å². The van der Waals surface area contributed by atoms with Crippen LogP contribution in [0.25, 0.3) is 0 Å². The molecule has 0 aliphatic carbocycles. The molecule has 1 heterocycles. The van der Waals surface area contributed by atoms with Crippen molar-refractivity contribution in [3.63, 3.8) is 0 Å². The van der Waals surface area contributed by atoms with Crippen molar-refractivity contribution >= 4 is 35.9 Å². The normalized spacial score (nSPS) is 23.3. The number of unbranched alkanes of at least 4 members (excludes halogenated alkanes) is 2. The van der Waals surface area contributed by atoms with Crippen molar-refractivity contribution in [3.8, 4) is 5.75 Å². The van der Waals surface area contributed by atoms with E-state index in [1.165, 1.54) is 32.0 Å². The van der Waals surface area contributed by atoms with Crippen LogP contribution in [0, 0.1) is 5.92 Å². The minimum absolute atomic E-state index is 0. The second-order valence-corrected chi connectivity index (χ2v) is 8.99. The Morgan fingerprint density at radius 3 is 2.34 bits per heavy atom. The Labute approximate surface area is 237 Å². The van der Waals surface area contributed by atoms with Crippen LogP contribution in [-0.4, -0.2) is 54.6 Å². The third kappa shape index (κ3) is 8.85. The number of anilines is 1. The summed E-state index contributed by atoms with van der Waals surface area (Å²) in [7, 11) is 0. The van der Waals surface area contributed by atoms with Gasteiger partial charge in [-0.1, -0.05) is 44.9 Å². The van der Waals surface area contributed by atoms with Gasteiger partial charge in [-0.25, -0.2) is 4.79 Å². The van der Waals surface area contributed by atoms with Gasteiger partial charge in [0, 0.05) is 17.7 Å². The summed E-state index contributed by atoms with van der Waals surface area (Å²) in [4.78, 5) is 62.3. The van der Waals surface area contributed by atoms with Crippen molar-refractivity contribution in [3.05, 3.63) is 23.8 Å². The summed E-state index contributed by atoms with van der Waals surface area (Å²) in [6, 6.07) is 2.51. The summed E-state index contributed by atoms with van der Waals surface area (Å²) in [6.07, 6.45) is 0.410. The van der Waals surface area contributed by atoms with Gasteiger partial charge in [-0.05, 0) is 38.8 Å². The van der Waals surface area contributed by atoms with E-state index in [1.54, 1.807) is 0 Å². The fourth-order valence-electron chi connectivity index (χ4n) is 4.02. The zero-order chi connectivity index (χ0) is 27.5. The first-order chi connectivity index (χ1) is 17.6. The van der Waals surface area contributed by atoms with Crippen LogP contribution in [0.5, 0.6) is 5.75 Å². The number of carbonyl (C=O) groups excluding carboxylic acids is 5. The molecule has 1 aliphatic rings. The zero-order valence-corrected chi connectivity index (χ0v) is 23.4. The van der Waals surface area contributed by atoms with Crippen LogP contribution in [-0.2, 0) is 55.8 Å². The van der Waals surface area contributed by atoms with Crippen LogP contribution in [0.4, 0.5) is 5.69 Å². The molecule has 1 aromatic carbocycles. The second kappa shape index (κ2) is 16.2. The maximum atomic E-state index is 13.2. The fourth-order valence-corrected chi connectivity index (χ4v) is 4.02. The first-order valence-electron chi connectivity index (χ1n) is 12.6. The van der Waals surface area contributed by atoms with E-state index in [9.17, 15) is 29.1 Å². The summed E-state index contributed by atoms with van der Waals surface area (Å²) in [5.74, 6) is -4.64. The third-order valence-corrected chi connectivity index (χ3v) is 6.12. The van der Waals surface area contributed by atoms with Crippen molar-refractivity contribution in [1.29, 1.82) is 0 Å². The Bertz CT molecular complexity index is 987. The number of benzene rings is 1. The van der Waals surface area contributed by atoms with Crippen LogP contribution in [0.3, 0.4) is 0 Å². The molecule has 12 heteroatoms. The van der Waals surface area contributed by atoms with E-state index in [0.717, 1.165) is 12.8 Å². The smallest absolute Gasteiger partial charge is 0.871 e. The molecule has 0 saturated carbocycles. The van der Waals surface area contributed by atoms with Gasteiger partial charge >= 0.3 is 40.3 Å². The minimum Gasteiger partial charge on any atom is -0.871 e. The molecule has 1 aliphatic heterocycles. The number of cyclic esters (lactones) is 2. The molecule has 0 unspecified atom stereocenters. The number of para-hydroxylation sites is 1. The van der Waals surface area contributed by atoms with Gasteiger partial charge in [0.05, 0.1) is 5.92 Å².